The van der Waals surface area contributed by atoms with Crippen molar-refractivity contribution in [3.63, 3.8) is 0 Å². The van der Waals surface area contributed by atoms with Crippen LogP contribution < -0.4 is 56.5 Å². The molecule has 0 heterocycles. The van der Waals surface area contributed by atoms with E-state index in [1.165, 1.54) is 44.9 Å². The van der Waals surface area contributed by atoms with Gasteiger partial charge in [-0.05, 0) is 25.2 Å². The summed E-state index contributed by atoms with van der Waals surface area (Å²) in [5.74, 6) is -0.491. The van der Waals surface area contributed by atoms with Crippen LogP contribution in [0.15, 0.2) is 4.99 Å². The monoisotopic (exact) mass is 359 g/mol. The van der Waals surface area contributed by atoms with Crippen molar-refractivity contribution >= 4 is 16.0 Å². The van der Waals surface area contributed by atoms with E-state index in [-0.39, 0.29) is 76.0 Å². The maximum atomic E-state index is 11.4. The summed E-state index contributed by atoms with van der Waals surface area (Å²) in [6.07, 6.45) is 11.5. The number of aliphatic imine (C=N–C) groups is 1. The third-order valence-corrected chi connectivity index (χ3v) is 4.15. The fourth-order valence-corrected chi connectivity index (χ4v) is 2.61. The fourth-order valence-electron chi connectivity index (χ4n) is 2.12. The van der Waals surface area contributed by atoms with Crippen molar-refractivity contribution in [3.05, 3.63) is 0 Å². The van der Waals surface area contributed by atoms with Crippen molar-refractivity contribution in [1.29, 1.82) is 0 Å². The van der Waals surface area contributed by atoms with Gasteiger partial charge in [-0.25, -0.2) is 0 Å². The molecule has 0 aromatic heterocycles. The number of unbranched alkanes of at least 4 members (excludes halogenated alkanes) is 8. The minimum atomic E-state index is -3.93. The molecule has 7 heteroatoms. The quantitative estimate of drug-likeness (QED) is 0.155. The molecule has 0 aliphatic heterocycles. The Balaban J connectivity index is 0. The first-order valence-corrected chi connectivity index (χ1v) is 9.72. The van der Waals surface area contributed by atoms with E-state index in [1.54, 1.807) is 0 Å². The van der Waals surface area contributed by atoms with Gasteiger partial charge in [0.2, 0.25) is 0 Å². The molecule has 22 heavy (non-hydrogen) atoms. The maximum absolute atomic E-state index is 11.4. The summed E-state index contributed by atoms with van der Waals surface area (Å²) in [6, 6.07) is 0. The molecular formula is C15H30KNO4S. The average molecular weight is 360 g/mol. The van der Waals surface area contributed by atoms with Gasteiger partial charge >= 0.3 is 51.4 Å². The standard InChI is InChI=1S/C15H31NO4S.K/c1-2-3-4-5-6-7-8-9-10-12-15(17)16-13-11-14-21(18,19)20;/h2-14H2,1H3,(H,16,17)(H,18,19,20);/q;+1/p-1. The topological polar surface area (TPSA) is 89.8 Å². The molecule has 0 spiro atoms. The van der Waals surface area contributed by atoms with Gasteiger partial charge in [-0.2, -0.15) is 8.42 Å². The zero-order chi connectivity index (χ0) is 16.0. The van der Waals surface area contributed by atoms with E-state index in [2.05, 4.69) is 11.9 Å². The molecule has 126 valence electrons. The normalized spacial score (nSPS) is 12.2. The van der Waals surface area contributed by atoms with E-state index in [4.69, 9.17) is 4.55 Å². The number of hydrogen-bond acceptors (Lipinski definition) is 4. The number of rotatable bonds is 14. The summed E-state index contributed by atoms with van der Waals surface area (Å²) >= 11 is 0. The molecule has 0 aromatic carbocycles. The van der Waals surface area contributed by atoms with E-state index in [1.807, 2.05) is 0 Å². The molecule has 0 aliphatic rings. The number of nitrogens with zero attached hydrogens (tertiary/aromatic N) is 1. The van der Waals surface area contributed by atoms with Crippen LogP contribution in [0.1, 0.15) is 77.6 Å². The molecule has 0 unspecified atom stereocenters. The van der Waals surface area contributed by atoms with Gasteiger partial charge in [0, 0.05) is 6.54 Å². The van der Waals surface area contributed by atoms with Crippen molar-refractivity contribution in [3.8, 4) is 0 Å². The summed E-state index contributed by atoms with van der Waals surface area (Å²) in [6.45, 7) is 2.39. The Morgan fingerprint density at radius 2 is 1.45 bits per heavy atom. The van der Waals surface area contributed by atoms with E-state index >= 15 is 0 Å². The zero-order valence-electron chi connectivity index (χ0n) is 14.2. The molecule has 0 bridgehead atoms. The van der Waals surface area contributed by atoms with Gasteiger partial charge in [0.25, 0.3) is 10.1 Å². The second-order valence-electron chi connectivity index (χ2n) is 5.49. The van der Waals surface area contributed by atoms with Gasteiger partial charge in [-0.3, -0.25) is 4.55 Å². The smallest absolute Gasteiger partial charge is 0.862 e. The molecule has 0 saturated carbocycles. The van der Waals surface area contributed by atoms with Crippen LogP contribution in [0.5, 0.6) is 0 Å². The van der Waals surface area contributed by atoms with Gasteiger partial charge in [-0.15, -0.1) is 0 Å². The van der Waals surface area contributed by atoms with Crippen molar-refractivity contribution in [2.45, 2.75) is 77.6 Å². The van der Waals surface area contributed by atoms with Crippen LogP contribution in [0, 0.1) is 0 Å². The first kappa shape index (κ1) is 25.3. The van der Waals surface area contributed by atoms with E-state index < -0.39 is 10.1 Å². The molecule has 0 saturated heterocycles. The molecule has 0 radical (unpaired) electrons. The van der Waals surface area contributed by atoms with Gasteiger partial charge in [0.05, 0.1) is 5.75 Å². The maximum Gasteiger partial charge on any atom is 1.00 e. The SMILES string of the molecule is CCCCCCCCCCCC([O-])=NCCCS(=O)(=O)O.[K+]. The van der Waals surface area contributed by atoms with Gasteiger partial charge < -0.3 is 10.1 Å². The second kappa shape index (κ2) is 16.9. The predicted octanol–water partition coefficient (Wildman–Crippen LogP) is -0.0520. The Bertz CT molecular complexity index is 372. The van der Waals surface area contributed by atoms with E-state index in [0.717, 1.165) is 12.8 Å². The summed E-state index contributed by atoms with van der Waals surface area (Å²) in [4.78, 5) is 3.78. The van der Waals surface area contributed by atoms with Crippen LogP contribution in [-0.4, -0.2) is 31.2 Å². The van der Waals surface area contributed by atoms with Crippen LogP contribution in [0.25, 0.3) is 0 Å². The molecule has 0 aliphatic carbocycles. The van der Waals surface area contributed by atoms with Crippen LogP contribution in [0.3, 0.4) is 0 Å². The van der Waals surface area contributed by atoms with Gasteiger partial charge in [0.15, 0.2) is 0 Å². The third-order valence-electron chi connectivity index (χ3n) is 3.34. The molecular weight excluding hydrogens is 329 g/mol. The second-order valence-corrected chi connectivity index (χ2v) is 7.07. The van der Waals surface area contributed by atoms with E-state index in [9.17, 15) is 13.5 Å². The first-order valence-electron chi connectivity index (χ1n) is 8.11. The number of hydrogen-bond donors (Lipinski definition) is 1. The Kier molecular flexibility index (Phi) is 19.4. The predicted molar refractivity (Wildman–Crippen MR) is 85.2 cm³/mol. The molecule has 0 fully saturated rings. The van der Waals surface area contributed by atoms with Crippen molar-refractivity contribution in [2.75, 3.05) is 12.3 Å². The third kappa shape index (κ3) is 21.0. The van der Waals surface area contributed by atoms with Crippen molar-refractivity contribution in [1.82, 2.24) is 0 Å². The average Bonchev–Trinajstić information content (AvgIpc) is 2.41. The zero-order valence-corrected chi connectivity index (χ0v) is 18.2. The Morgan fingerprint density at radius 3 is 1.95 bits per heavy atom. The molecule has 0 aromatic rings. The van der Waals surface area contributed by atoms with Crippen LogP contribution in [-0.2, 0) is 10.1 Å². The minimum absolute atomic E-state index is 0. The molecule has 0 amide bonds. The summed E-state index contributed by atoms with van der Waals surface area (Å²) in [7, 11) is -3.93. The Morgan fingerprint density at radius 1 is 0.955 bits per heavy atom. The molecule has 0 atom stereocenters. The van der Waals surface area contributed by atoms with Crippen molar-refractivity contribution in [2.24, 2.45) is 4.99 Å². The molecule has 0 rings (SSSR count). The summed E-state index contributed by atoms with van der Waals surface area (Å²) in [5, 5.41) is 11.4. The summed E-state index contributed by atoms with van der Waals surface area (Å²) < 4.78 is 29.4. The molecule has 5 nitrogen and oxygen atoms in total. The van der Waals surface area contributed by atoms with Crippen LogP contribution in [0.2, 0.25) is 0 Å². The molecule has 1 N–H and O–H groups in total. The largest absolute Gasteiger partial charge is 1.00 e. The minimum Gasteiger partial charge on any atom is -0.862 e. The van der Waals surface area contributed by atoms with E-state index in [0.29, 0.717) is 6.42 Å². The van der Waals surface area contributed by atoms with Crippen LogP contribution >= 0.6 is 0 Å². The Labute approximate surface area is 178 Å². The first-order chi connectivity index (χ1) is 9.95. The van der Waals surface area contributed by atoms with Crippen LogP contribution in [0.4, 0.5) is 0 Å². The van der Waals surface area contributed by atoms with Crippen molar-refractivity contribution < 1.29 is 69.5 Å². The summed E-state index contributed by atoms with van der Waals surface area (Å²) in [5.41, 5.74) is 0. The fraction of sp³-hybridized carbons (Fsp3) is 0.933. The Hall–Kier alpha value is 1.02. The van der Waals surface area contributed by atoms with Gasteiger partial charge in [0.1, 0.15) is 0 Å². The van der Waals surface area contributed by atoms with Gasteiger partial charge in [-0.1, -0.05) is 58.3 Å².